The highest BCUT2D eigenvalue weighted by atomic mass is 16.4. The number of phenolic OH excluding ortho intramolecular Hbond substituents is 1. The second-order valence-corrected chi connectivity index (χ2v) is 5.33. The Kier molecular flexibility index (Phi) is 3.31. The zero-order valence-electron chi connectivity index (χ0n) is 12.5. The summed E-state index contributed by atoms with van der Waals surface area (Å²) in [5, 5.41) is 20.8. The van der Waals surface area contributed by atoms with E-state index in [1.807, 2.05) is 24.3 Å². The lowest BCUT2D eigenvalue weighted by Gasteiger charge is -2.03. The molecule has 0 amide bonds. The molecule has 0 spiro atoms. The van der Waals surface area contributed by atoms with Crippen LogP contribution in [0.5, 0.6) is 5.75 Å². The molecule has 0 atom stereocenters. The molecule has 0 aliphatic carbocycles. The first-order chi connectivity index (χ1) is 11.7. The van der Waals surface area contributed by atoms with Crippen LogP contribution in [-0.4, -0.2) is 5.11 Å². The molecule has 1 N–H and O–H groups in total. The van der Waals surface area contributed by atoms with Crippen LogP contribution in [0, 0.1) is 0 Å². The summed E-state index contributed by atoms with van der Waals surface area (Å²) >= 11 is 0. The van der Waals surface area contributed by atoms with Gasteiger partial charge in [0.05, 0.1) is 11.4 Å². The van der Waals surface area contributed by atoms with Gasteiger partial charge in [-0.3, -0.25) is 0 Å². The highest BCUT2D eigenvalue weighted by Gasteiger charge is 2.04. The van der Waals surface area contributed by atoms with E-state index < -0.39 is 0 Å². The van der Waals surface area contributed by atoms with E-state index in [1.54, 1.807) is 36.4 Å². The van der Waals surface area contributed by atoms with Crippen molar-refractivity contribution in [2.75, 3.05) is 0 Å². The average Bonchev–Trinajstić information content (AvgIpc) is 2.61. The van der Waals surface area contributed by atoms with E-state index in [4.69, 9.17) is 4.42 Å². The number of rotatable bonds is 2. The van der Waals surface area contributed by atoms with Crippen molar-refractivity contribution in [1.29, 1.82) is 0 Å². The molecular formula is C19H12N2O3. The Morgan fingerprint density at radius 1 is 0.833 bits per heavy atom. The Morgan fingerprint density at radius 3 is 2.54 bits per heavy atom. The maximum Gasteiger partial charge on any atom is 0.336 e. The maximum atomic E-state index is 11.2. The minimum atomic E-state index is -0.382. The highest BCUT2D eigenvalue weighted by Crippen LogP contribution is 2.33. The predicted octanol–water partition coefficient (Wildman–Crippen LogP) is 5.07. The van der Waals surface area contributed by atoms with Gasteiger partial charge in [-0.1, -0.05) is 24.3 Å². The highest BCUT2D eigenvalue weighted by molar-refractivity contribution is 5.96. The van der Waals surface area contributed by atoms with Gasteiger partial charge in [-0.05, 0) is 36.4 Å². The number of fused-ring (bicyclic) bond motifs is 2. The van der Waals surface area contributed by atoms with Crippen LogP contribution in [-0.2, 0) is 0 Å². The Hall–Kier alpha value is -3.47. The first-order valence-corrected chi connectivity index (χ1v) is 7.37. The fraction of sp³-hybridized carbons (Fsp3) is 0. The van der Waals surface area contributed by atoms with E-state index in [0.717, 1.165) is 16.2 Å². The van der Waals surface area contributed by atoms with Gasteiger partial charge in [-0.2, -0.15) is 5.11 Å². The maximum absolute atomic E-state index is 11.2. The zero-order valence-corrected chi connectivity index (χ0v) is 12.5. The van der Waals surface area contributed by atoms with Crippen molar-refractivity contribution in [2.24, 2.45) is 10.2 Å². The first kappa shape index (κ1) is 14.1. The van der Waals surface area contributed by atoms with Crippen LogP contribution < -0.4 is 5.63 Å². The largest absolute Gasteiger partial charge is 0.507 e. The third-order valence-corrected chi connectivity index (χ3v) is 3.75. The SMILES string of the molecule is O=c1ccc2cc(N=Nc3ccc(O)c4ccccc34)ccc2o1. The predicted molar refractivity (Wildman–Crippen MR) is 92.3 cm³/mol. The van der Waals surface area contributed by atoms with Gasteiger partial charge in [0.1, 0.15) is 11.3 Å². The third-order valence-electron chi connectivity index (χ3n) is 3.75. The summed E-state index contributed by atoms with van der Waals surface area (Å²) in [6.07, 6.45) is 0. The molecule has 5 nitrogen and oxygen atoms in total. The molecule has 0 radical (unpaired) electrons. The van der Waals surface area contributed by atoms with E-state index in [1.165, 1.54) is 6.07 Å². The van der Waals surface area contributed by atoms with Crippen LogP contribution in [0.15, 0.2) is 86.2 Å². The van der Waals surface area contributed by atoms with Crippen molar-refractivity contribution in [3.8, 4) is 5.75 Å². The Labute approximate surface area is 136 Å². The van der Waals surface area contributed by atoms with Gasteiger partial charge in [0, 0.05) is 22.2 Å². The van der Waals surface area contributed by atoms with Gasteiger partial charge in [-0.25, -0.2) is 4.79 Å². The molecule has 4 rings (SSSR count). The molecule has 1 aromatic heterocycles. The van der Waals surface area contributed by atoms with Crippen molar-refractivity contribution in [2.45, 2.75) is 0 Å². The molecule has 0 saturated heterocycles. The molecule has 0 aliphatic rings. The van der Waals surface area contributed by atoms with Crippen molar-refractivity contribution >= 4 is 33.1 Å². The lowest BCUT2D eigenvalue weighted by Crippen LogP contribution is -1.93. The van der Waals surface area contributed by atoms with Crippen LogP contribution in [0.25, 0.3) is 21.7 Å². The molecule has 0 saturated carbocycles. The normalized spacial score (nSPS) is 11.5. The monoisotopic (exact) mass is 316 g/mol. The summed E-state index contributed by atoms with van der Waals surface area (Å²) < 4.78 is 5.09. The summed E-state index contributed by atoms with van der Waals surface area (Å²) in [5.74, 6) is 0.213. The molecule has 24 heavy (non-hydrogen) atoms. The molecule has 0 fully saturated rings. The van der Waals surface area contributed by atoms with E-state index in [-0.39, 0.29) is 11.4 Å². The molecule has 1 heterocycles. The number of hydrogen-bond acceptors (Lipinski definition) is 5. The van der Waals surface area contributed by atoms with Crippen LogP contribution in [0.2, 0.25) is 0 Å². The number of nitrogens with zero attached hydrogens (tertiary/aromatic N) is 2. The fourth-order valence-corrected chi connectivity index (χ4v) is 2.59. The summed E-state index contributed by atoms with van der Waals surface area (Å²) in [4.78, 5) is 11.2. The van der Waals surface area contributed by atoms with Crippen molar-refractivity contribution in [3.63, 3.8) is 0 Å². The van der Waals surface area contributed by atoms with Gasteiger partial charge in [0.25, 0.3) is 0 Å². The van der Waals surface area contributed by atoms with Crippen LogP contribution >= 0.6 is 0 Å². The van der Waals surface area contributed by atoms with Gasteiger partial charge in [0.15, 0.2) is 0 Å². The average molecular weight is 316 g/mol. The molecule has 0 aliphatic heterocycles. The van der Waals surface area contributed by atoms with Gasteiger partial charge in [0.2, 0.25) is 0 Å². The first-order valence-electron chi connectivity index (χ1n) is 7.37. The van der Waals surface area contributed by atoms with Crippen LogP contribution in [0.4, 0.5) is 11.4 Å². The Morgan fingerprint density at radius 2 is 1.67 bits per heavy atom. The van der Waals surface area contributed by atoms with Crippen LogP contribution in [0.1, 0.15) is 0 Å². The van der Waals surface area contributed by atoms with E-state index in [2.05, 4.69) is 10.2 Å². The summed E-state index contributed by atoms with van der Waals surface area (Å²) in [6, 6.07) is 19.1. The second kappa shape index (κ2) is 5.62. The number of phenols is 1. The Bertz CT molecular complexity index is 1150. The van der Waals surface area contributed by atoms with Crippen molar-refractivity contribution < 1.29 is 9.52 Å². The van der Waals surface area contributed by atoms with E-state index in [0.29, 0.717) is 17.0 Å². The minimum absolute atomic E-state index is 0.213. The number of hydrogen-bond donors (Lipinski definition) is 1. The molecule has 4 aromatic rings. The number of aromatic hydroxyl groups is 1. The third kappa shape index (κ3) is 2.52. The zero-order chi connectivity index (χ0) is 16.5. The van der Waals surface area contributed by atoms with E-state index >= 15 is 0 Å². The second-order valence-electron chi connectivity index (χ2n) is 5.33. The standard InChI is InChI=1S/C19H12N2O3/c22-17-8-7-16(14-3-1-2-4-15(14)17)21-20-13-6-9-18-12(11-13)5-10-19(23)24-18/h1-11,22H. The number of benzene rings is 3. The fourth-order valence-electron chi connectivity index (χ4n) is 2.59. The van der Waals surface area contributed by atoms with Gasteiger partial charge in [-0.15, -0.1) is 5.11 Å². The molecule has 3 aromatic carbocycles. The summed E-state index contributed by atoms with van der Waals surface area (Å²) in [7, 11) is 0. The van der Waals surface area contributed by atoms with Crippen molar-refractivity contribution in [3.05, 3.63) is 77.2 Å². The minimum Gasteiger partial charge on any atom is -0.507 e. The molecule has 0 bridgehead atoms. The quantitative estimate of drug-likeness (QED) is 0.414. The summed E-state index contributed by atoms with van der Waals surface area (Å²) in [5.41, 5.74) is 1.44. The lowest BCUT2D eigenvalue weighted by atomic mass is 10.1. The summed E-state index contributed by atoms with van der Waals surface area (Å²) in [6.45, 7) is 0. The molecule has 0 unspecified atom stereocenters. The smallest absolute Gasteiger partial charge is 0.336 e. The van der Waals surface area contributed by atoms with Gasteiger partial charge < -0.3 is 9.52 Å². The molecule has 116 valence electrons. The number of azo groups is 1. The molecule has 5 heteroatoms. The van der Waals surface area contributed by atoms with E-state index in [9.17, 15) is 9.90 Å². The lowest BCUT2D eigenvalue weighted by molar-refractivity contribution is 0.481. The Balaban J connectivity index is 1.77. The topological polar surface area (TPSA) is 75.2 Å². The van der Waals surface area contributed by atoms with Crippen molar-refractivity contribution in [1.82, 2.24) is 0 Å². The van der Waals surface area contributed by atoms with Gasteiger partial charge >= 0.3 is 5.63 Å². The van der Waals surface area contributed by atoms with Crippen LogP contribution in [0.3, 0.4) is 0 Å². The molecular weight excluding hydrogens is 304 g/mol.